The Morgan fingerprint density at radius 1 is 1.00 bits per heavy atom. The van der Waals surface area contributed by atoms with Gasteiger partial charge in [-0.25, -0.2) is 0 Å². The molecule has 0 bridgehead atoms. The molecule has 2 aromatic carbocycles. The fraction of sp³-hybridized carbons (Fsp3) is 0.360. The van der Waals surface area contributed by atoms with Gasteiger partial charge in [0.05, 0.1) is 32.4 Å². The van der Waals surface area contributed by atoms with Crippen molar-refractivity contribution in [1.29, 1.82) is 0 Å². The summed E-state index contributed by atoms with van der Waals surface area (Å²) in [6, 6.07) is 11.1. The second-order valence-corrected chi connectivity index (χ2v) is 7.41. The summed E-state index contributed by atoms with van der Waals surface area (Å²) in [4.78, 5) is 27.5. The maximum Gasteiger partial charge on any atom is 0.295 e. The summed E-state index contributed by atoms with van der Waals surface area (Å²) in [5.74, 6) is -0.0171. The number of aliphatic hydroxyl groups is 1. The number of benzene rings is 2. The molecule has 0 aromatic heterocycles. The minimum absolute atomic E-state index is 0.0220. The molecule has 1 atom stereocenters. The molecule has 2 aromatic rings. The number of hydrogen-bond donors (Lipinski definition) is 1. The number of likely N-dealkylation sites (tertiary alicyclic amines) is 1. The topological polar surface area (TPSA) is 94.5 Å². The molecule has 1 aliphatic rings. The lowest BCUT2D eigenvalue weighted by atomic mass is 9.95. The molecule has 33 heavy (non-hydrogen) atoms. The minimum Gasteiger partial charge on any atom is -0.507 e. The van der Waals surface area contributed by atoms with E-state index in [1.54, 1.807) is 56.7 Å². The third-order valence-corrected chi connectivity index (χ3v) is 5.45. The van der Waals surface area contributed by atoms with E-state index in [0.29, 0.717) is 48.0 Å². The first-order chi connectivity index (χ1) is 16.0. The second-order valence-electron chi connectivity index (χ2n) is 7.41. The maximum absolute atomic E-state index is 13.1. The van der Waals surface area contributed by atoms with Gasteiger partial charge in [0.15, 0.2) is 11.5 Å². The second kappa shape index (κ2) is 10.9. The zero-order valence-corrected chi connectivity index (χ0v) is 19.3. The number of carbonyl (C=O) groups is 2. The van der Waals surface area contributed by atoms with E-state index >= 15 is 0 Å². The molecule has 8 nitrogen and oxygen atoms in total. The van der Waals surface area contributed by atoms with Crippen LogP contribution in [0, 0.1) is 0 Å². The Balaban J connectivity index is 2.13. The van der Waals surface area contributed by atoms with Crippen LogP contribution in [0.4, 0.5) is 0 Å². The smallest absolute Gasteiger partial charge is 0.295 e. The highest BCUT2D eigenvalue weighted by Crippen LogP contribution is 2.42. The molecule has 0 aliphatic carbocycles. The van der Waals surface area contributed by atoms with Crippen molar-refractivity contribution in [1.82, 2.24) is 4.90 Å². The van der Waals surface area contributed by atoms with E-state index in [1.807, 2.05) is 6.92 Å². The molecule has 1 fully saturated rings. The van der Waals surface area contributed by atoms with Gasteiger partial charge in [0.2, 0.25) is 0 Å². The number of nitrogens with zero attached hydrogens (tertiary/aromatic N) is 1. The van der Waals surface area contributed by atoms with Crippen molar-refractivity contribution >= 4 is 17.4 Å². The molecule has 1 aliphatic heterocycles. The molecule has 0 radical (unpaired) electrons. The highest BCUT2D eigenvalue weighted by Gasteiger charge is 2.46. The lowest BCUT2D eigenvalue weighted by Crippen LogP contribution is -2.31. The van der Waals surface area contributed by atoms with Crippen LogP contribution in [0.1, 0.15) is 30.5 Å². The summed E-state index contributed by atoms with van der Waals surface area (Å²) in [5.41, 5.74) is 1.06. The standard InChI is InChI=1S/C25H29NO7/c1-5-33-19-12-9-17(15-20(19)32-4)22-21(23(27)16-7-10-18(31-3)11-8-16)24(28)25(29)26(22)13-6-14-30-2/h7-12,15,22,27H,5-6,13-14H2,1-4H3/b23-21+. The summed E-state index contributed by atoms with van der Waals surface area (Å²) < 4.78 is 21.3. The van der Waals surface area contributed by atoms with Crippen molar-refractivity contribution in [3.63, 3.8) is 0 Å². The molecule has 0 saturated carbocycles. The van der Waals surface area contributed by atoms with Gasteiger partial charge in [-0.1, -0.05) is 6.07 Å². The number of Topliss-reactive ketones (excluding diaryl/α,β-unsaturated/α-hetero) is 1. The Hall–Kier alpha value is -3.52. The number of methoxy groups -OCH3 is 3. The van der Waals surface area contributed by atoms with Crippen LogP contribution >= 0.6 is 0 Å². The third-order valence-electron chi connectivity index (χ3n) is 5.45. The molecule has 1 N–H and O–H groups in total. The van der Waals surface area contributed by atoms with Gasteiger partial charge in [-0.3, -0.25) is 9.59 Å². The van der Waals surface area contributed by atoms with Crippen LogP contribution < -0.4 is 14.2 Å². The quantitative estimate of drug-likeness (QED) is 0.253. The van der Waals surface area contributed by atoms with Crippen molar-refractivity contribution in [3.05, 3.63) is 59.2 Å². The number of hydrogen-bond acceptors (Lipinski definition) is 7. The Morgan fingerprint density at radius 2 is 1.73 bits per heavy atom. The molecule has 3 rings (SSSR count). The van der Waals surface area contributed by atoms with Crippen LogP contribution in [0.25, 0.3) is 5.76 Å². The average Bonchev–Trinajstić information content (AvgIpc) is 3.09. The number of amides is 1. The molecule has 8 heteroatoms. The zero-order chi connectivity index (χ0) is 24.0. The van der Waals surface area contributed by atoms with Crippen LogP contribution in [0.5, 0.6) is 17.2 Å². The van der Waals surface area contributed by atoms with Crippen molar-refractivity contribution in [2.24, 2.45) is 0 Å². The maximum atomic E-state index is 13.1. The summed E-state index contributed by atoms with van der Waals surface area (Å²) in [7, 11) is 4.64. The largest absolute Gasteiger partial charge is 0.507 e. The van der Waals surface area contributed by atoms with E-state index in [0.717, 1.165) is 0 Å². The first-order valence-corrected chi connectivity index (χ1v) is 10.7. The molecule has 176 valence electrons. The van der Waals surface area contributed by atoms with Gasteiger partial charge in [-0.05, 0) is 55.3 Å². The number of aliphatic hydroxyl groups excluding tert-OH is 1. The SMILES string of the molecule is CCOc1ccc(C2/C(=C(\O)c3ccc(OC)cc3)C(=O)C(=O)N2CCCOC)cc1OC. The van der Waals surface area contributed by atoms with Crippen LogP contribution in [-0.4, -0.2) is 62.8 Å². The van der Waals surface area contributed by atoms with Crippen LogP contribution in [-0.2, 0) is 14.3 Å². The van der Waals surface area contributed by atoms with Crippen molar-refractivity contribution in [2.45, 2.75) is 19.4 Å². The highest BCUT2D eigenvalue weighted by atomic mass is 16.5. The minimum atomic E-state index is -0.784. The molecule has 1 heterocycles. The van der Waals surface area contributed by atoms with E-state index in [2.05, 4.69) is 0 Å². The third kappa shape index (κ3) is 4.96. The van der Waals surface area contributed by atoms with E-state index in [9.17, 15) is 14.7 Å². The van der Waals surface area contributed by atoms with E-state index in [4.69, 9.17) is 18.9 Å². The lowest BCUT2D eigenvalue weighted by Gasteiger charge is -2.26. The first-order valence-electron chi connectivity index (χ1n) is 10.7. The number of carbonyl (C=O) groups excluding carboxylic acids is 2. The summed E-state index contributed by atoms with van der Waals surface area (Å²) in [5, 5.41) is 11.1. The van der Waals surface area contributed by atoms with Gasteiger partial charge in [0, 0.05) is 25.8 Å². The van der Waals surface area contributed by atoms with Crippen LogP contribution in [0.3, 0.4) is 0 Å². The van der Waals surface area contributed by atoms with Gasteiger partial charge in [0.1, 0.15) is 11.5 Å². The molecule has 0 spiro atoms. The summed E-state index contributed by atoms with van der Waals surface area (Å²) >= 11 is 0. The molecular weight excluding hydrogens is 426 g/mol. The Bertz CT molecular complexity index is 1030. The monoisotopic (exact) mass is 455 g/mol. The van der Waals surface area contributed by atoms with Gasteiger partial charge < -0.3 is 29.0 Å². The van der Waals surface area contributed by atoms with Crippen LogP contribution in [0.15, 0.2) is 48.0 Å². The van der Waals surface area contributed by atoms with Gasteiger partial charge in [-0.2, -0.15) is 0 Å². The lowest BCUT2D eigenvalue weighted by molar-refractivity contribution is -0.140. The van der Waals surface area contributed by atoms with Crippen LogP contribution in [0.2, 0.25) is 0 Å². The Morgan fingerprint density at radius 3 is 2.33 bits per heavy atom. The van der Waals surface area contributed by atoms with Gasteiger partial charge in [0.25, 0.3) is 11.7 Å². The Kier molecular flexibility index (Phi) is 7.95. The number of rotatable bonds is 10. The molecule has 1 unspecified atom stereocenters. The van der Waals surface area contributed by atoms with Crippen molar-refractivity contribution in [2.75, 3.05) is 41.1 Å². The van der Waals surface area contributed by atoms with Crippen molar-refractivity contribution in [3.8, 4) is 17.2 Å². The summed E-state index contributed by atoms with van der Waals surface area (Å²) in [6.45, 7) is 3.05. The van der Waals surface area contributed by atoms with Crippen molar-refractivity contribution < 1.29 is 33.6 Å². The van der Waals surface area contributed by atoms with E-state index in [-0.39, 0.29) is 17.9 Å². The molecule has 1 amide bonds. The van der Waals surface area contributed by atoms with E-state index in [1.165, 1.54) is 12.0 Å². The fourth-order valence-electron chi connectivity index (χ4n) is 3.87. The molecule has 1 saturated heterocycles. The highest BCUT2D eigenvalue weighted by molar-refractivity contribution is 6.46. The summed E-state index contributed by atoms with van der Waals surface area (Å²) in [6.07, 6.45) is 0.538. The normalized spacial score (nSPS) is 17.3. The van der Waals surface area contributed by atoms with Gasteiger partial charge in [-0.15, -0.1) is 0 Å². The number of ether oxygens (including phenoxy) is 4. The fourth-order valence-corrected chi connectivity index (χ4v) is 3.87. The Labute approximate surface area is 193 Å². The molecular formula is C25H29NO7. The first kappa shape index (κ1) is 24.1. The zero-order valence-electron chi connectivity index (χ0n) is 19.3. The predicted octanol–water partition coefficient (Wildman–Crippen LogP) is 3.56. The number of ketones is 1. The van der Waals surface area contributed by atoms with Gasteiger partial charge >= 0.3 is 0 Å². The predicted molar refractivity (Wildman–Crippen MR) is 123 cm³/mol. The average molecular weight is 456 g/mol. The van der Waals surface area contributed by atoms with E-state index < -0.39 is 17.7 Å².